The molecule has 46 heavy (non-hydrogen) atoms. The van der Waals surface area contributed by atoms with Gasteiger partial charge in [-0.2, -0.15) is 0 Å². The average Bonchev–Trinajstić information content (AvgIpc) is 3.49. The zero-order valence-corrected chi connectivity index (χ0v) is 26.6. The van der Waals surface area contributed by atoms with Gasteiger partial charge in [-0.15, -0.1) is 0 Å². The molecular weight excluding hydrogens is 586 g/mol. The fourth-order valence-electron chi connectivity index (χ4n) is 9.17. The molecule has 246 valence electrons. The lowest BCUT2D eigenvalue weighted by Gasteiger charge is -2.61. The number of nitrogens with zero attached hydrogens (tertiary/aromatic N) is 4. The lowest BCUT2D eigenvalue weighted by atomic mass is 9.44. The Labute approximate surface area is 269 Å². The zero-order chi connectivity index (χ0) is 32.1. The highest BCUT2D eigenvalue weighted by Gasteiger charge is 2.67. The molecule has 2 aromatic heterocycles. The zero-order valence-electron chi connectivity index (χ0n) is 26.6. The minimum atomic E-state index is -0.599. The Morgan fingerprint density at radius 1 is 1.13 bits per heavy atom. The maximum Gasteiger partial charge on any atom is 0.341 e. The molecule has 11 heteroatoms. The first-order chi connectivity index (χ1) is 22.2. The summed E-state index contributed by atoms with van der Waals surface area (Å²) in [5.74, 6) is 1.43. The minimum absolute atomic E-state index is 0.0342. The highest BCUT2D eigenvalue weighted by molar-refractivity contribution is 5.95. The number of epoxide rings is 1. The summed E-state index contributed by atoms with van der Waals surface area (Å²) < 4.78 is 12.0. The van der Waals surface area contributed by atoms with Gasteiger partial charge >= 0.3 is 5.97 Å². The molecule has 2 saturated heterocycles. The van der Waals surface area contributed by atoms with E-state index in [9.17, 15) is 20.1 Å². The van der Waals surface area contributed by atoms with Gasteiger partial charge in [-0.3, -0.25) is 0 Å². The standard InChI is InChI=1S/C35H45N5O6/c1-33-10-9-29(43)34(2,20-42)27(33)8-11-35(21-45-35)28(33)16-26(39-30-7-3-4-12-36-30)25-15-24(46-31(25)44)14-22-17-37-32(38-18-22)40-13-5-6-23(40)19-41/h3-4,7,12,14-15,17-18,23,26-29,41-43H,5-6,8-11,13,16,19-21H2,1-2H3,(H,36,39)/b24-14+/t23?,26?,27?,28?,29-,33+,34+,35?/m1/s1. The van der Waals surface area contributed by atoms with Gasteiger partial charge in [0.25, 0.3) is 0 Å². The van der Waals surface area contributed by atoms with E-state index in [1.54, 1.807) is 30.7 Å². The molecule has 11 nitrogen and oxygen atoms in total. The van der Waals surface area contributed by atoms with Crippen molar-refractivity contribution in [3.8, 4) is 0 Å². The van der Waals surface area contributed by atoms with Crippen molar-refractivity contribution in [1.29, 1.82) is 0 Å². The highest BCUT2D eigenvalue weighted by atomic mass is 16.6. The summed E-state index contributed by atoms with van der Waals surface area (Å²) in [7, 11) is 0. The third-order valence-electron chi connectivity index (χ3n) is 11.8. The number of carbonyl (C=O) groups is 1. The van der Waals surface area contributed by atoms with Crippen LogP contribution in [-0.2, 0) is 14.3 Å². The van der Waals surface area contributed by atoms with E-state index in [1.807, 2.05) is 30.0 Å². The lowest BCUT2D eigenvalue weighted by Crippen LogP contribution is -2.61. The first-order valence-corrected chi connectivity index (χ1v) is 16.6. The van der Waals surface area contributed by atoms with Crippen LogP contribution in [-0.4, -0.2) is 86.4 Å². The fraction of sp³-hybridized carbons (Fsp3) is 0.600. The van der Waals surface area contributed by atoms with Crippen LogP contribution in [0.4, 0.5) is 11.8 Å². The van der Waals surface area contributed by atoms with Crippen LogP contribution < -0.4 is 10.2 Å². The van der Waals surface area contributed by atoms with E-state index in [0.717, 1.165) is 38.6 Å². The van der Waals surface area contributed by atoms with E-state index in [-0.39, 0.29) is 42.1 Å². The molecule has 5 aliphatic rings. The first kappa shape index (κ1) is 31.2. The van der Waals surface area contributed by atoms with Crippen LogP contribution in [0.3, 0.4) is 0 Å². The third-order valence-corrected chi connectivity index (χ3v) is 11.8. The maximum absolute atomic E-state index is 13.5. The average molecular weight is 632 g/mol. The molecule has 2 aliphatic carbocycles. The van der Waals surface area contributed by atoms with Crippen molar-refractivity contribution >= 4 is 23.8 Å². The molecule has 0 amide bonds. The van der Waals surface area contributed by atoms with Crippen LogP contribution in [0.5, 0.6) is 0 Å². The van der Waals surface area contributed by atoms with Crippen molar-refractivity contribution in [2.75, 3.05) is 36.6 Å². The van der Waals surface area contributed by atoms with Crippen molar-refractivity contribution in [2.45, 2.75) is 82.6 Å². The summed E-state index contributed by atoms with van der Waals surface area (Å²) >= 11 is 0. The Morgan fingerprint density at radius 3 is 2.63 bits per heavy atom. The molecule has 5 unspecified atom stereocenters. The van der Waals surface area contributed by atoms with Gasteiger partial charge in [0, 0.05) is 36.1 Å². The van der Waals surface area contributed by atoms with Crippen LogP contribution in [0.15, 0.2) is 54.2 Å². The normalized spacial score (nSPS) is 36.8. The van der Waals surface area contributed by atoms with Crippen LogP contribution in [0.25, 0.3) is 6.08 Å². The number of fused-ring (bicyclic) bond motifs is 1. The number of nitrogens with one attached hydrogen (secondary N) is 1. The Morgan fingerprint density at radius 2 is 1.93 bits per heavy atom. The van der Waals surface area contributed by atoms with E-state index >= 15 is 0 Å². The summed E-state index contributed by atoms with van der Waals surface area (Å²) in [6.07, 6.45) is 13.8. The molecule has 8 atom stereocenters. The second kappa shape index (κ2) is 12.0. The number of aromatic nitrogens is 3. The number of carbonyl (C=O) groups excluding carboxylic acids is 1. The van der Waals surface area contributed by atoms with E-state index in [1.165, 1.54) is 0 Å². The van der Waals surface area contributed by atoms with Gasteiger partial charge < -0.3 is 35.0 Å². The number of hydrogen-bond donors (Lipinski definition) is 4. The number of rotatable bonds is 9. The summed E-state index contributed by atoms with van der Waals surface area (Å²) in [6, 6.07) is 5.28. The Hall–Kier alpha value is -3.38. The van der Waals surface area contributed by atoms with Crippen molar-refractivity contribution in [3.63, 3.8) is 0 Å². The summed E-state index contributed by atoms with van der Waals surface area (Å²) in [6.45, 7) is 5.81. The summed E-state index contributed by atoms with van der Waals surface area (Å²) in [5, 5.41) is 34.8. The molecule has 5 heterocycles. The summed E-state index contributed by atoms with van der Waals surface area (Å²) in [5.41, 5.74) is 0.132. The van der Waals surface area contributed by atoms with Crippen LogP contribution in [0.2, 0.25) is 0 Å². The van der Waals surface area contributed by atoms with Gasteiger partial charge in [0.05, 0.1) is 49.2 Å². The lowest BCUT2D eigenvalue weighted by molar-refractivity contribution is -0.177. The second-order valence-corrected chi connectivity index (χ2v) is 14.4. The molecular formula is C35H45N5O6. The number of ether oxygens (including phenoxy) is 2. The van der Waals surface area contributed by atoms with E-state index in [2.05, 4.69) is 27.2 Å². The van der Waals surface area contributed by atoms with Gasteiger partial charge in [0.2, 0.25) is 5.95 Å². The molecule has 2 saturated carbocycles. The SMILES string of the molecule is C[C@]12CC[C@@H](O)[C@@](C)(CO)C1CCC1(CO1)C2CC(Nc1ccccn1)C1=C/C(=C\c2cnc(N3CCCC3CO)nc2)OC1=O. The Bertz CT molecular complexity index is 1500. The van der Waals surface area contributed by atoms with Crippen LogP contribution in [0, 0.1) is 22.7 Å². The van der Waals surface area contributed by atoms with Gasteiger partial charge in [-0.25, -0.2) is 19.7 Å². The van der Waals surface area contributed by atoms with Crippen molar-refractivity contribution < 1.29 is 29.6 Å². The largest absolute Gasteiger partial charge is 0.423 e. The molecule has 4 N–H and O–H groups in total. The molecule has 0 aromatic carbocycles. The van der Waals surface area contributed by atoms with Gasteiger partial charge in [0.1, 0.15) is 11.6 Å². The quantitative estimate of drug-likeness (QED) is 0.238. The number of esters is 1. The van der Waals surface area contributed by atoms with E-state index < -0.39 is 23.5 Å². The number of cyclic esters (lactones) is 1. The monoisotopic (exact) mass is 631 g/mol. The first-order valence-electron chi connectivity index (χ1n) is 16.6. The van der Waals surface area contributed by atoms with Crippen molar-refractivity contribution in [1.82, 2.24) is 15.0 Å². The molecule has 1 spiro atoms. The molecule has 0 bridgehead atoms. The van der Waals surface area contributed by atoms with Crippen LogP contribution in [0.1, 0.15) is 64.4 Å². The minimum Gasteiger partial charge on any atom is -0.423 e. The van der Waals surface area contributed by atoms with Crippen LogP contribution >= 0.6 is 0 Å². The van der Waals surface area contributed by atoms with E-state index in [4.69, 9.17) is 9.47 Å². The number of hydrogen-bond acceptors (Lipinski definition) is 11. The number of pyridine rings is 1. The third kappa shape index (κ3) is 5.40. The highest BCUT2D eigenvalue weighted by Crippen LogP contribution is 2.66. The van der Waals surface area contributed by atoms with E-state index in [0.29, 0.717) is 48.1 Å². The number of aliphatic hydroxyl groups excluding tert-OH is 3. The molecule has 2 aromatic rings. The number of allylic oxidation sites excluding steroid dienone is 1. The molecule has 3 aliphatic heterocycles. The Kier molecular flexibility index (Phi) is 8.15. The smallest absolute Gasteiger partial charge is 0.341 e. The van der Waals surface area contributed by atoms with Gasteiger partial charge in [-0.1, -0.05) is 19.9 Å². The molecule has 0 radical (unpaired) electrons. The number of anilines is 2. The van der Waals surface area contributed by atoms with Crippen molar-refractivity contribution in [2.24, 2.45) is 22.7 Å². The van der Waals surface area contributed by atoms with Crippen molar-refractivity contribution in [3.05, 3.63) is 59.8 Å². The molecule has 4 fully saturated rings. The fourth-order valence-corrected chi connectivity index (χ4v) is 9.17. The maximum atomic E-state index is 13.5. The predicted molar refractivity (Wildman–Crippen MR) is 171 cm³/mol. The topological polar surface area (TPSA) is 153 Å². The number of aliphatic hydroxyl groups is 3. The second-order valence-electron chi connectivity index (χ2n) is 14.4. The summed E-state index contributed by atoms with van der Waals surface area (Å²) in [4.78, 5) is 29.1. The Balaban J connectivity index is 1.19. The van der Waals surface area contributed by atoms with Gasteiger partial charge in [-0.05, 0) is 86.5 Å². The predicted octanol–water partition coefficient (Wildman–Crippen LogP) is 3.48. The molecule has 7 rings (SSSR count). The van der Waals surface area contributed by atoms with Gasteiger partial charge in [0.15, 0.2) is 0 Å².